The van der Waals surface area contributed by atoms with Crippen LogP contribution in [0.5, 0.6) is 0 Å². The Morgan fingerprint density at radius 3 is 1.89 bits per heavy atom. The van der Waals surface area contributed by atoms with Gasteiger partial charge in [-0.2, -0.15) is 0 Å². The Hall–Kier alpha value is 1.12. The first-order chi connectivity index (χ1) is 3.92. The van der Waals surface area contributed by atoms with E-state index in [2.05, 4.69) is 0 Å². The molecule has 1 nitrogen and oxygen atoms in total. The molecule has 0 aliphatic carbocycles. The summed E-state index contributed by atoms with van der Waals surface area (Å²) in [5.41, 5.74) is 4.77. The molecule has 0 rings (SSSR count). The van der Waals surface area contributed by atoms with Crippen LogP contribution >= 0.6 is 46.4 Å². The molecule has 0 radical (unpaired) electrons. The molecule has 0 saturated heterocycles. The molecule has 0 aromatic carbocycles. The Labute approximate surface area is 74.4 Å². The molecular formula is C4H7Cl4N. The summed E-state index contributed by atoms with van der Waals surface area (Å²) in [6.45, 7) is 0. The van der Waals surface area contributed by atoms with Gasteiger partial charge in [-0.05, 0) is 12.8 Å². The lowest BCUT2D eigenvalue weighted by Gasteiger charge is -2.10. The van der Waals surface area contributed by atoms with E-state index in [9.17, 15) is 0 Å². The van der Waals surface area contributed by atoms with Crippen molar-refractivity contribution in [3.05, 3.63) is 0 Å². The normalized spacial score (nSPS) is 15.7. The van der Waals surface area contributed by atoms with Gasteiger partial charge in [0.15, 0.2) is 3.79 Å². The third kappa shape index (κ3) is 9.12. The molecule has 0 spiro atoms. The lowest BCUT2D eigenvalue weighted by molar-refractivity contribution is 0.722. The highest BCUT2D eigenvalue weighted by Crippen LogP contribution is 2.31. The molecule has 2 N–H and O–H groups in total. The fourth-order valence-electron chi connectivity index (χ4n) is 0.302. The van der Waals surface area contributed by atoms with Gasteiger partial charge < -0.3 is 5.73 Å². The molecule has 0 aromatic rings. The molecule has 0 saturated carbocycles. The summed E-state index contributed by atoms with van der Waals surface area (Å²) in [5.74, 6) is 0. The maximum absolute atomic E-state index is 5.39. The molecule has 1 atom stereocenters. The van der Waals surface area contributed by atoms with Crippen molar-refractivity contribution >= 4 is 46.4 Å². The zero-order valence-corrected chi connectivity index (χ0v) is 7.60. The van der Waals surface area contributed by atoms with E-state index < -0.39 is 9.29 Å². The molecule has 0 fully saturated rings. The lowest BCUT2D eigenvalue weighted by Crippen LogP contribution is -2.15. The van der Waals surface area contributed by atoms with Gasteiger partial charge in [-0.1, -0.05) is 34.8 Å². The SMILES string of the molecule is NC(Cl)CCC(Cl)(Cl)Cl. The van der Waals surface area contributed by atoms with Crippen molar-refractivity contribution in [2.24, 2.45) is 5.73 Å². The highest BCUT2D eigenvalue weighted by molar-refractivity contribution is 6.67. The van der Waals surface area contributed by atoms with Gasteiger partial charge in [0.2, 0.25) is 0 Å². The van der Waals surface area contributed by atoms with E-state index in [0.717, 1.165) is 0 Å². The van der Waals surface area contributed by atoms with Gasteiger partial charge >= 0.3 is 0 Å². The van der Waals surface area contributed by atoms with E-state index in [4.69, 9.17) is 52.1 Å². The first-order valence-corrected chi connectivity index (χ1v) is 3.95. The average molecular weight is 211 g/mol. The maximum atomic E-state index is 5.39. The van der Waals surface area contributed by atoms with Crippen LogP contribution in [0.15, 0.2) is 0 Å². The standard InChI is InChI=1S/C4H7Cl4N/c5-3(9)1-2-4(6,7)8/h3H,1-2,9H2. The van der Waals surface area contributed by atoms with Crippen LogP contribution in [0, 0.1) is 0 Å². The van der Waals surface area contributed by atoms with Gasteiger partial charge in [0.05, 0.1) is 5.50 Å². The molecule has 0 amide bonds. The van der Waals surface area contributed by atoms with Crippen molar-refractivity contribution in [1.29, 1.82) is 0 Å². The third-order valence-corrected chi connectivity index (χ3v) is 1.49. The van der Waals surface area contributed by atoms with Gasteiger partial charge in [0.1, 0.15) is 0 Å². The minimum Gasteiger partial charge on any atom is -0.315 e. The second kappa shape index (κ2) is 4.09. The topological polar surface area (TPSA) is 26.0 Å². The van der Waals surface area contributed by atoms with Gasteiger partial charge in [-0.15, -0.1) is 11.6 Å². The number of nitrogens with two attached hydrogens (primary N) is 1. The van der Waals surface area contributed by atoms with E-state index in [1.165, 1.54) is 0 Å². The van der Waals surface area contributed by atoms with Crippen LogP contribution in [0.25, 0.3) is 0 Å². The average Bonchev–Trinajstić information content (AvgIpc) is 1.59. The molecule has 0 aliphatic heterocycles. The number of hydrogen-bond acceptors (Lipinski definition) is 1. The molecule has 0 aromatic heterocycles. The number of hydrogen-bond donors (Lipinski definition) is 1. The van der Waals surface area contributed by atoms with Crippen LogP contribution in [0.1, 0.15) is 12.8 Å². The first kappa shape index (κ1) is 10.1. The summed E-state index contributed by atoms with van der Waals surface area (Å²) in [5, 5.41) is 0. The molecule has 0 aliphatic rings. The Kier molecular flexibility index (Phi) is 4.60. The monoisotopic (exact) mass is 209 g/mol. The lowest BCUT2D eigenvalue weighted by atomic mass is 10.3. The summed E-state index contributed by atoms with van der Waals surface area (Å²) in [4.78, 5) is 0. The minimum absolute atomic E-state index is 0.391. The summed E-state index contributed by atoms with van der Waals surface area (Å²) in [6, 6.07) is 0. The second-order valence-electron chi connectivity index (χ2n) is 1.67. The van der Waals surface area contributed by atoms with E-state index in [1.54, 1.807) is 0 Å². The maximum Gasteiger partial charge on any atom is 0.190 e. The van der Waals surface area contributed by atoms with Crippen molar-refractivity contribution in [3.8, 4) is 0 Å². The van der Waals surface area contributed by atoms with Crippen molar-refractivity contribution in [2.45, 2.75) is 22.1 Å². The van der Waals surface area contributed by atoms with Crippen LogP contribution in [0.4, 0.5) is 0 Å². The zero-order valence-electron chi connectivity index (χ0n) is 4.58. The summed E-state index contributed by atoms with van der Waals surface area (Å²) in [7, 11) is 0. The predicted molar refractivity (Wildman–Crippen MR) is 43.4 cm³/mol. The summed E-state index contributed by atoms with van der Waals surface area (Å²) < 4.78 is -1.22. The first-order valence-electron chi connectivity index (χ1n) is 2.38. The van der Waals surface area contributed by atoms with Crippen molar-refractivity contribution < 1.29 is 0 Å². The Morgan fingerprint density at radius 1 is 1.33 bits per heavy atom. The largest absolute Gasteiger partial charge is 0.315 e. The number of rotatable bonds is 2. The minimum atomic E-state index is -1.22. The predicted octanol–water partition coefficient (Wildman–Crippen LogP) is 2.66. The fraction of sp³-hybridized carbons (Fsp3) is 1.00. The Bertz CT molecular complexity index is 77.1. The number of halogens is 4. The molecule has 5 heteroatoms. The van der Waals surface area contributed by atoms with E-state index >= 15 is 0 Å². The van der Waals surface area contributed by atoms with E-state index in [-0.39, 0.29) is 0 Å². The van der Waals surface area contributed by atoms with Crippen molar-refractivity contribution in [3.63, 3.8) is 0 Å². The molecule has 0 bridgehead atoms. The Balaban J connectivity index is 3.28. The highest BCUT2D eigenvalue weighted by Gasteiger charge is 2.19. The summed E-state index contributed by atoms with van der Waals surface area (Å²) >= 11 is 21.6. The zero-order chi connectivity index (χ0) is 7.49. The summed E-state index contributed by atoms with van der Waals surface area (Å²) in [6.07, 6.45) is 0.903. The van der Waals surface area contributed by atoms with Gasteiger partial charge in [-0.3, -0.25) is 0 Å². The van der Waals surface area contributed by atoms with Gasteiger partial charge in [0.25, 0.3) is 0 Å². The van der Waals surface area contributed by atoms with E-state index in [1.807, 2.05) is 0 Å². The Morgan fingerprint density at radius 2 is 1.78 bits per heavy atom. The third-order valence-electron chi connectivity index (χ3n) is 0.704. The smallest absolute Gasteiger partial charge is 0.190 e. The van der Waals surface area contributed by atoms with Crippen LogP contribution < -0.4 is 5.73 Å². The molecular weight excluding hydrogens is 204 g/mol. The molecule has 0 heterocycles. The van der Waals surface area contributed by atoms with Crippen molar-refractivity contribution in [1.82, 2.24) is 0 Å². The van der Waals surface area contributed by atoms with Crippen LogP contribution in [-0.2, 0) is 0 Å². The molecule has 9 heavy (non-hydrogen) atoms. The van der Waals surface area contributed by atoms with Crippen LogP contribution in [-0.4, -0.2) is 9.29 Å². The van der Waals surface area contributed by atoms with E-state index in [0.29, 0.717) is 12.8 Å². The van der Waals surface area contributed by atoms with Crippen molar-refractivity contribution in [2.75, 3.05) is 0 Å². The van der Waals surface area contributed by atoms with Crippen LogP contribution in [0.2, 0.25) is 0 Å². The van der Waals surface area contributed by atoms with Gasteiger partial charge in [0, 0.05) is 0 Å². The second-order valence-corrected chi connectivity index (χ2v) is 4.75. The van der Waals surface area contributed by atoms with Crippen LogP contribution in [0.3, 0.4) is 0 Å². The quantitative estimate of drug-likeness (QED) is 0.551. The van der Waals surface area contributed by atoms with Gasteiger partial charge in [-0.25, -0.2) is 0 Å². The molecule has 1 unspecified atom stereocenters. The fourth-order valence-corrected chi connectivity index (χ4v) is 0.738. The highest BCUT2D eigenvalue weighted by atomic mass is 35.6. The molecule has 56 valence electrons. The number of alkyl halides is 4.